The number of nitrogens with zero attached hydrogens (tertiary/aromatic N) is 2. The Morgan fingerprint density at radius 2 is 2.20 bits per heavy atom. The predicted octanol–water partition coefficient (Wildman–Crippen LogP) is 2.12. The zero-order chi connectivity index (χ0) is 14.5. The first-order chi connectivity index (χ1) is 9.65. The molecule has 0 radical (unpaired) electrons. The van der Waals surface area contributed by atoms with Gasteiger partial charge >= 0.3 is 5.97 Å². The Kier molecular flexibility index (Phi) is 5.17. The third-order valence-corrected chi connectivity index (χ3v) is 4.03. The van der Waals surface area contributed by atoms with Crippen LogP contribution in [0.1, 0.15) is 56.3 Å². The maximum Gasteiger partial charge on any atom is 0.327 e. The second-order valence-corrected chi connectivity index (χ2v) is 5.52. The number of methoxy groups -OCH3 is 1. The van der Waals surface area contributed by atoms with Gasteiger partial charge in [0.2, 0.25) is 0 Å². The predicted molar refractivity (Wildman–Crippen MR) is 77.4 cm³/mol. The fraction of sp³-hybridized carbons (Fsp3) is 0.733. The van der Waals surface area contributed by atoms with Gasteiger partial charge in [0.05, 0.1) is 12.8 Å². The van der Waals surface area contributed by atoms with E-state index in [1.165, 1.54) is 26.4 Å². The molecule has 112 valence electrons. The van der Waals surface area contributed by atoms with Crippen molar-refractivity contribution in [2.75, 3.05) is 7.11 Å². The first-order valence-electron chi connectivity index (χ1n) is 7.52. The lowest BCUT2D eigenvalue weighted by Gasteiger charge is -2.27. The summed E-state index contributed by atoms with van der Waals surface area (Å²) in [5.41, 5.74) is 1.92. The third-order valence-electron chi connectivity index (χ3n) is 4.03. The van der Waals surface area contributed by atoms with Crippen molar-refractivity contribution in [3.63, 3.8) is 0 Å². The minimum absolute atomic E-state index is 0.224. The van der Waals surface area contributed by atoms with Crippen molar-refractivity contribution in [1.29, 1.82) is 0 Å². The van der Waals surface area contributed by atoms with Crippen LogP contribution in [0.3, 0.4) is 0 Å². The van der Waals surface area contributed by atoms with Crippen molar-refractivity contribution >= 4 is 5.97 Å². The van der Waals surface area contributed by atoms with Gasteiger partial charge in [-0.3, -0.25) is 10.00 Å². The van der Waals surface area contributed by atoms with Crippen LogP contribution in [-0.2, 0) is 23.0 Å². The maximum absolute atomic E-state index is 12.1. The molecule has 1 aromatic heterocycles. The second kappa shape index (κ2) is 6.88. The summed E-state index contributed by atoms with van der Waals surface area (Å²) in [5.74, 6) is -0.224. The maximum atomic E-state index is 12.1. The lowest BCUT2D eigenvalue weighted by Crippen LogP contribution is -2.39. The Bertz CT molecular complexity index is 450. The normalized spacial score (nSPS) is 17.9. The number of nitrogens with one attached hydrogen (secondary N) is 1. The number of esters is 1. The van der Waals surface area contributed by atoms with E-state index >= 15 is 0 Å². The van der Waals surface area contributed by atoms with E-state index in [-0.39, 0.29) is 5.97 Å². The molecule has 0 spiro atoms. The molecule has 0 amide bonds. The monoisotopic (exact) mass is 279 g/mol. The van der Waals surface area contributed by atoms with Crippen LogP contribution in [0.5, 0.6) is 0 Å². The van der Waals surface area contributed by atoms with Gasteiger partial charge in [0.25, 0.3) is 0 Å². The van der Waals surface area contributed by atoms with Gasteiger partial charge in [-0.2, -0.15) is 5.10 Å². The van der Waals surface area contributed by atoms with E-state index in [1.54, 1.807) is 4.68 Å². The average molecular weight is 279 g/mol. The quantitative estimate of drug-likeness (QED) is 0.839. The Morgan fingerprint density at radius 3 is 2.80 bits per heavy atom. The van der Waals surface area contributed by atoms with Crippen LogP contribution in [0, 0.1) is 0 Å². The molecule has 1 aliphatic rings. The minimum atomic E-state index is -0.397. The summed E-state index contributed by atoms with van der Waals surface area (Å²) in [6, 6.07) is 0.00418. The van der Waals surface area contributed by atoms with Crippen molar-refractivity contribution in [3.05, 3.63) is 17.5 Å². The number of rotatable bonds is 5. The lowest BCUT2D eigenvalue weighted by molar-refractivity contribution is -0.143. The first-order valence-corrected chi connectivity index (χ1v) is 7.52. The Hall–Kier alpha value is -1.36. The van der Waals surface area contributed by atoms with Crippen molar-refractivity contribution in [3.8, 4) is 0 Å². The van der Waals surface area contributed by atoms with Crippen molar-refractivity contribution < 1.29 is 9.53 Å². The molecule has 0 saturated heterocycles. The largest absolute Gasteiger partial charge is 0.468 e. The van der Waals surface area contributed by atoms with E-state index < -0.39 is 6.04 Å². The number of hydrogen-bond acceptors (Lipinski definition) is 4. The summed E-state index contributed by atoms with van der Waals surface area (Å²) in [6.45, 7) is 2.06. The fourth-order valence-electron chi connectivity index (χ4n) is 2.98. The van der Waals surface area contributed by atoms with Gasteiger partial charge in [0.1, 0.15) is 6.04 Å². The number of hydrogen-bond donors (Lipinski definition) is 1. The molecule has 0 aromatic carbocycles. The number of aryl methyl sites for hydroxylation is 2. The number of carbonyl (C=O) groups excluding carboxylic acids is 1. The molecule has 1 saturated carbocycles. The van der Waals surface area contributed by atoms with E-state index in [1.807, 2.05) is 13.2 Å². The van der Waals surface area contributed by atoms with Crippen LogP contribution in [0.25, 0.3) is 0 Å². The molecular weight excluding hydrogens is 254 g/mol. The van der Waals surface area contributed by atoms with Gasteiger partial charge in [-0.25, -0.2) is 4.79 Å². The molecule has 5 heteroatoms. The van der Waals surface area contributed by atoms with E-state index in [9.17, 15) is 4.79 Å². The van der Waals surface area contributed by atoms with Crippen LogP contribution in [0.15, 0.2) is 6.20 Å². The molecule has 1 fully saturated rings. The van der Waals surface area contributed by atoms with E-state index in [4.69, 9.17) is 4.74 Å². The molecule has 2 rings (SSSR count). The summed E-state index contributed by atoms with van der Waals surface area (Å²) in [6.07, 6.45) is 8.78. The van der Waals surface area contributed by atoms with Crippen LogP contribution >= 0.6 is 0 Å². The number of aromatic nitrogens is 2. The SMILES string of the molecule is CCc1nn(C)cc1C(NC1CCCCC1)C(=O)OC. The van der Waals surface area contributed by atoms with Crippen LogP contribution in [0.4, 0.5) is 0 Å². The van der Waals surface area contributed by atoms with Crippen molar-refractivity contribution in [1.82, 2.24) is 15.1 Å². The van der Waals surface area contributed by atoms with Crippen molar-refractivity contribution in [2.24, 2.45) is 7.05 Å². The molecule has 1 N–H and O–H groups in total. The zero-order valence-electron chi connectivity index (χ0n) is 12.7. The molecule has 1 unspecified atom stereocenters. The van der Waals surface area contributed by atoms with Gasteiger partial charge in [-0.1, -0.05) is 26.2 Å². The third kappa shape index (κ3) is 3.39. The van der Waals surface area contributed by atoms with Gasteiger partial charge in [0, 0.05) is 24.8 Å². The van der Waals surface area contributed by atoms with E-state index in [2.05, 4.69) is 17.3 Å². The highest BCUT2D eigenvalue weighted by molar-refractivity contribution is 5.77. The lowest BCUT2D eigenvalue weighted by atomic mass is 9.94. The molecular formula is C15H25N3O2. The topological polar surface area (TPSA) is 56.2 Å². The fourth-order valence-corrected chi connectivity index (χ4v) is 2.98. The molecule has 1 atom stereocenters. The smallest absolute Gasteiger partial charge is 0.327 e. The molecule has 1 aliphatic carbocycles. The minimum Gasteiger partial charge on any atom is -0.468 e. The summed E-state index contributed by atoms with van der Waals surface area (Å²) in [7, 11) is 3.33. The summed E-state index contributed by atoms with van der Waals surface area (Å²) in [5, 5.41) is 7.91. The molecule has 0 aliphatic heterocycles. The highest BCUT2D eigenvalue weighted by Gasteiger charge is 2.28. The van der Waals surface area contributed by atoms with E-state index in [0.717, 1.165) is 30.5 Å². The average Bonchev–Trinajstić information content (AvgIpc) is 2.86. The summed E-state index contributed by atoms with van der Waals surface area (Å²) >= 11 is 0. The van der Waals surface area contributed by atoms with Crippen molar-refractivity contribution in [2.45, 2.75) is 57.5 Å². The summed E-state index contributed by atoms with van der Waals surface area (Å²) < 4.78 is 6.75. The second-order valence-electron chi connectivity index (χ2n) is 5.52. The highest BCUT2D eigenvalue weighted by atomic mass is 16.5. The first kappa shape index (κ1) is 15.0. The van der Waals surface area contributed by atoms with Gasteiger partial charge in [-0.15, -0.1) is 0 Å². The Labute approximate surface area is 120 Å². The van der Waals surface area contributed by atoms with Gasteiger partial charge < -0.3 is 4.74 Å². The standard InChI is InChI=1S/C15H25N3O2/c1-4-13-12(10-18(2)17-13)14(15(19)20-3)16-11-8-6-5-7-9-11/h10-11,14,16H,4-9H2,1-3H3. The molecule has 0 bridgehead atoms. The highest BCUT2D eigenvalue weighted by Crippen LogP contribution is 2.24. The van der Waals surface area contributed by atoms with Crippen LogP contribution < -0.4 is 5.32 Å². The molecule has 5 nitrogen and oxygen atoms in total. The number of ether oxygens (including phenoxy) is 1. The molecule has 20 heavy (non-hydrogen) atoms. The molecule has 1 heterocycles. The van der Waals surface area contributed by atoms with E-state index in [0.29, 0.717) is 6.04 Å². The van der Waals surface area contributed by atoms with Gasteiger partial charge in [0.15, 0.2) is 0 Å². The molecule has 1 aromatic rings. The zero-order valence-corrected chi connectivity index (χ0v) is 12.7. The summed E-state index contributed by atoms with van der Waals surface area (Å²) in [4.78, 5) is 12.1. The van der Waals surface area contributed by atoms with Crippen LogP contribution in [0.2, 0.25) is 0 Å². The Balaban J connectivity index is 2.19. The van der Waals surface area contributed by atoms with Crippen LogP contribution in [-0.4, -0.2) is 28.9 Å². The van der Waals surface area contributed by atoms with Gasteiger partial charge in [-0.05, 0) is 19.3 Å². The number of carbonyl (C=O) groups is 1. The Morgan fingerprint density at radius 1 is 1.50 bits per heavy atom.